The minimum Gasteiger partial charge on any atom is -0.497 e. The van der Waals surface area contributed by atoms with Crippen LogP contribution >= 0.6 is 24.0 Å². The summed E-state index contributed by atoms with van der Waals surface area (Å²) in [5, 5.41) is 0. The van der Waals surface area contributed by atoms with E-state index < -0.39 is 0 Å². The first kappa shape index (κ1) is 15.9. The van der Waals surface area contributed by atoms with Crippen molar-refractivity contribution in [2.24, 2.45) is 22.4 Å². The zero-order valence-corrected chi connectivity index (χ0v) is 13.4. The van der Waals surface area contributed by atoms with Gasteiger partial charge in [0.05, 0.1) is 7.11 Å². The van der Waals surface area contributed by atoms with Gasteiger partial charge in [-0.05, 0) is 24.5 Å². The molecular weight excluding hydrogens is 355 g/mol. The SMILES string of the molecule is COc1cccc(N2CCC(CN=C(N)N)C2)c1.I. The molecule has 1 heterocycles. The Hall–Kier alpha value is -1.18. The van der Waals surface area contributed by atoms with Gasteiger partial charge in [-0.15, -0.1) is 24.0 Å². The normalized spacial score (nSPS) is 17.7. The van der Waals surface area contributed by atoms with Crippen LogP contribution in [0.2, 0.25) is 0 Å². The summed E-state index contributed by atoms with van der Waals surface area (Å²) in [4.78, 5) is 6.43. The number of hydrogen-bond acceptors (Lipinski definition) is 3. The lowest BCUT2D eigenvalue weighted by Gasteiger charge is -2.19. The molecule has 5 nitrogen and oxygen atoms in total. The third-order valence-corrected chi connectivity index (χ3v) is 3.24. The average molecular weight is 376 g/mol. The topological polar surface area (TPSA) is 76.9 Å². The van der Waals surface area contributed by atoms with Gasteiger partial charge in [0.1, 0.15) is 5.75 Å². The highest BCUT2D eigenvalue weighted by atomic mass is 127. The summed E-state index contributed by atoms with van der Waals surface area (Å²) in [6, 6.07) is 8.13. The third kappa shape index (κ3) is 4.45. The molecule has 1 unspecified atom stereocenters. The summed E-state index contributed by atoms with van der Waals surface area (Å²) in [5.74, 6) is 1.59. The lowest BCUT2D eigenvalue weighted by molar-refractivity contribution is 0.415. The fraction of sp³-hybridized carbons (Fsp3) is 0.462. The highest BCUT2D eigenvalue weighted by Gasteiger charge is 2.22. The van der Waals surface area contributed by atoms with E-state index in [0.29, 0.717) is 12.5 Å². The molecule has 1 saturated heterocycles. The van der Waals surface area contributed by atoms with E-state index in [1.807, 2.05) is 12.1 Å². The number of ether oxygens (including phenoxy) is 1. The molecule has 1 aromatic carbocycles. The Labute approximate surface area is 131 Å². The Morgan fingerprint density at radius 3 is 2.95 bits per heavy atom. The lowest BCUT2D eigenvalue weighted by atomic mass is 10.1. The Bertz CT molecular complexity index is 434. The van der Waals surface area contributed by atoms with Gasteiger partial charge in [-0.2, -0.15) is 0 Å². The van der Waals surface area contributed by atoms with Crippen LogP contribution in [-0.2, 0) is 0 Å². The van der Waals surface area contributed by atoms with Crippen LogP contribution in [0.25, 0.3) is 0 Å². The van der Waals surface area contributed by atoms with E-state index in [2.05, 4.69) is 22.0 Å². The molecule has 0 aromatic heterocycles. The second kappa shape index (κ2) is 7.42. The molecule has 2 rings (SSSR count). The smallest absolute Gasteiger partial charge is 0.185 e. The maximum atomic E-state index is 5.35. The van der Waals surface area contributed by atoms with Gasteiger partial charge in [0.25, 0.3) is 0 Å². The maximum absolute atomic E-state index is 5.35. The largest absolute Gasteiger partial charge is 0.497 e. The molecule has 0 spiro atoms. The van der Waals surface area contributed by atoms with Crippen molar-refractivity contribution < 1.29 is 4.74 Å². The van der Waals surface area contributed by atoms with Crippen molar-refractivity contribution in [3.8, 4) is 5.75 Å². The molecular formula is C13H21IN4O. The first-order valence-corrected chi connectivity index (χ1v) is 6.13. The number of nitrogens with zero attached hydrogens (tertiary/aromatic N) is 2. The van der Waals surface area contributed by atoms with E-state index in [1.165, 1.54) is 5.69 Å². The van der Waals surface area contributed by atoms with Crippen LogP contribution in [0.15, 0.2) is 29.3 Å². The number of aliphatic imine (C=N–C) groups is 1. The van der Waals surface area contributed by atoms with Crippen LogP contribution in [0.1, 0.15) is 6.42 Å². The van der Waals surface area contributed by atoms with Gasteiger partial charge in [-0.1, -0.05) is 6.07 Å². The van der Waals surface area contributed by atoms with E-state index in [-0.39, 0.29) is 29.9 Å². The van der Waals surface area contributed by atoms with Crippen molar-refractivity contribution in [1.82, 2.24) is 0 Å². The number of methoxy groups -OCH3 is 1. The number of rotatable bonds is 4. The number of guanidine groups is 1. The van der Waals surface area contributed by atoms with Crippen molar-refractivity contribution in [2.75, 3.05) is 31.6 Å². The molecule has 6 heteroatoms. The van der Waals surface area contributed by atoms with E-state index >= 15 is 0 Å². The summed E-state index contributed by atoms with van der Waals surface area (Å²) in [5.41, 5.74) is 11.9. The molecule has 0 radical (unpaired) electrons. The summed E-state index contributed by atoms with van der Waals surface area (Å²) < 4.78 is 5.24. The third-order valence-electron chi connectivity index (χ3n) is 3.24. The Morgan fingerprint density at radius 2 is 2.26 bits per heavy atom. The molecule has 0 bridgehead atoms. The van der Waals surface area contributed by atoms with Crippen molar-refractivity contribution in [1.29, 1.82) is 0 Å². The molecule has 1 aliphatic heterocycles. The number of benzene rings is 1. The highest BCUT2D eigenvalue weighted by Crippen LogP contribution is 2.26. The molecule has 19 heavy (non-hydrogen) atoms. The Kier molecular flexibility index (Phi) is 6.20. The molecule has 1 aliphatic rings. The zero-order valence-electron chi connectivity index (χ0n) is 11.1. The van der Waals surface area contributed by atoms with Crippen molar-refractivity contribution in [3.05, 3.63) is 24.3 Å². The van der Waals surface area contributed by atoms with Crippen LogP contribution in [0.5, 0.6) is 5.75 Å². The van der Waals surface area contributed by atoms with Crippen LogP contribution in [0.4, 0.5) is 5.69 Å². The fourth-order valence-corrected chi connectivity index (χ4v) is 2.26. The van der Waals surface area contributed by atoms with Crippen LogP contribution in [-0.4, -0.2) is 32.7 Å². The molecule has 0 saturated carbocycles. The summed E-state index contributed by atoms with van der Waals surface area (Å²) in [6.45, 7) is 2.74. The molecule has 1 fully saturated rings. The summed E-state index contributed by atoms with van der Waals surface area (Å²) in [6.07, 6.45) is 1.12. The van der Waals surface area contributed by atoms with E-state index in [1.54, 1.807) is 7.11 Å². The van der Waals surface area contributed by atoms with E-state index in [0.717, 1.165) is 25.3 Å². The number of halogens is 1. The van der Waals surface area contributed by atoms with Gasteiger partial charge in [0, 0.05) is 31.4 Å². The van der Waals surface area contributed by atoms with E-state index in [4.69, 9.17) is 16.2 Å². The van der Waals surface area contributed by atoms with Crippen LogP contribution < -0.4 is 21.1 Å². The molecule has 106 valence electrons. The molecule has 0 aliphatic carbocycles. The minimum absolute atomic E-state index is 0. The Balaban J connectivity index is 0.00000180. The van der Waals surface area contributed by atoms with Gasteiger partial charge in [-0.3, -0.25) is 4.99 Å². The minimum atomic E-state index is 0. The van der Waals surface area contributed by atoms with Gasteiger partial charge in [-0.25, -0.2) is 0 Å². The van der Waals surface area contributed by atoms with Crippen molar-refractivity contribution in [2.45, 2.75) is 6.42 Å². The number of hydrogen-bond donors (Lipinski definition) is 2. The van der Waals surface area contributed by atoms with Crippen molar-refractivity contribution >= 4 is 35.6 Å². The van der Waals surface area contributed by atoms with Gasteiger partial charge < -0.3 is 21.1 Å². The van der Waals surface area contributed by atoms with Crippen LogP contribution in [0.3, 0.4) is 0 Å². The second-order valence-electron chi connectivity index (χ2n) is 4.57. The lowest BCUT2D eigenvalue weighted by Crippen LogP contribution is -2.25. The van der Waals surface area contributed by atoms with Gasteiger partial charge in [0.2, 0.25) is 0 Å². The van der Waals surface area contributed by atoms with Crippen molar-refractivity contribution in [3.63, 3.8) is 0 Å². The summed E-state index contributed by atoms with van der Waals surface area (Å²) >= 11 is 0. The predicted molar refractivity (Wildman–Crippen MR) is 89.4 cm³/mol. The summed E-state index contributed by atoms with van der Waals surface area (Å²) in [7, 11) is 1.69. The van der Waals surface area contributed by atoms with Gasteiger partial charge >= 0.3 is 0 Å². The molecule has 1 atom stereocenters. The quantitative estimate of drug-likeness (QED) is 0.473. The fourth-order valence-electron chi connectivity index (χ4n) is 2.26. The maximum Gasteiger partial charge on any atom is 0.185 e. The predicted octanol–water partition coefficient (Wildman–Crippen LogP) is 1.41. The molecule has 0 amide bonds. The number of anilines is 1. The zero-order chi connectivity index (χ0) is 13.0. The van der Waals surface area contributed by atoms with Crippen LogP contribution in [0, 0.1) is 5.92 Å². The monoisotopic (exact) mass is 376 g/mol. The van der Waals surface area contributed by atoms with Gasteiger partial charge in [0.15, 0.2) is 5.96 Å². The van der Waals surface area contributed by atoms with E-state index in [9.17, 15) is 0 Å². The standard InChI is InChI=1S/C13H20N4O.HI/c1-18-12-4-2-3-11(7-12)17-6-5-10(9-17)8-16-13(14)15;/h2-4,7,10H,5-6,8-9H2,1H3,(H4,14,15,16);1H. The first-order valence-electron chi connectivity index (χ1n) is 6.13. The average Bonchev–Trinajstić information content (AvgIpc) is 2.85. The number of nitrogens with two attached hydrogens (primary N) is 2. The first-order chi connectivity index (χ1) is 8.69. The second-order valence-corrected chi connectivity index (χ2v) is 4.57. The molecule has 1 aromatic rings. The Morgan fingerprint density at radius 1 is 1.47 bits per heavy atom. The molecule has 4 N–H and O–H groups in total. The highest BCUT2D eigenvalue weighted by molar-refractivity contribution is 14.0.